The average molecular weight is 267 g/mol. The van der Waals surface area contributed by atoms with Crippen LogP contribution in [-0.4, -0.2) is 19.9 Å². The van der Waals surface area contributed by atoms with Crippen LogP contribution in [-0.2, 0) is 6.42 Å². The molecule has 0 heterocycles. The van der Waals surface area contributed by atoms with Crippen LogP contribution in [0, 0.1) is 6.92 Å². The second-order valence-electron chi connectivity index (χ2n) is 5.35. The SMILES string of the molecule is Cc1ccc(C(=O)CCc2ccc(N(C)C)cc2)cc1. The third-order valence-electron chi connectivity index (χ3n) is 3.47. The average Bonchev–Trinajstić information content (AvgIpc) is 2.46. The summed E-state index contributed by atoms with van der Waals surface area (Å²) in [6.07, 6.45) is 1.35. The molecule has 2 rings (SSSR count). The first-order valence-electron chi connectivity index (χ1n) is 6.92. The summed E-state index contributed by atoms with van der Waals surface area (Å²) in [5.41, 5.74) is 4.37. The van der Waals surface area contributed by atoms with Gasteiger partial charge in [0.1, 0.15) is 0 Å². The van der Waals surface area contributed by atoms with E-state index in [0.29, 0.717) is 6.42 Å². The highest BCUT2D eigenvalue weighted by molar-refractivity contribution is 5.96. The molecular formula is C18H21NO. The molecule has 0 saturated heterocycles. The number of nitrogens with zero attached hydrogens (tertiary/aromatic N) is 1. The van der Waals surface area contributed by atoms with E-state index in [0.717, 1.165) is 12.0 Å². The summed E-state index contributed by atoms with van der Waals surface area (Å²) in [5, 5.41) is 0. The number of benzene rings is 2. The molecule has 0 bridgehead atoms. The standard InChI is InChI=1S/C18H21NO/c1-14-4-9-16(10-5-14)18(20)13-8-15-6-11-17(12-7-15)19(2)3/h4-7,9-12H,8,13H2,1-3H3. The summed E-state index contributed by atoms with van der Waals surface area (Å²) in [6, 6.07) is 16.2. The van der Waals surface area contributed by atoms with E-state index in [9.17, 15) is 4.79 Å². The minimum Gasteiger partial charge on any atom is -0.378 e. The highest BCUT2D eigenvalue weighted by Gasteiger charge is 2.06. The molecule has 0 aliphatic carbocycles. The molecule has 20 heavy (non-hydrogen) atoms. The first kappa shape index (κ1) is 14.3. The second kappa shape index (κ2) is 6.38. The normalized spacial score (nSPS) is 10.3. The van der Waals surface area contributed by atoms with Crippen molar-refractivity contribution in [3.05, 3.63) is 65.2 Å². The van der Waals surface area contributed by atoms with Gasteiger partial charge in [-0.3, -0.25) is 4.79 Å². The molecule has 0 spiro atoms. The third kappa shape index (κ3) is 3.70. The van der Waals surface area contributed by atoms with Gasteiger partial charge in [0.25, 0.3) is 0 Å². The number of hydrogen-bond acceptors (Lipinski definition) is 2. The van der Waals surface area contributed by atoms with Gasteiger partial charge in [0.15, 0.2) is 5.78 Å². The molecule has 0 saturated carbocycles. The Bertz CT molecular complexity index is 567. The van der Waals surface area contributed by atoms with Crippen molar-refractivity contribution < 1.29 is 4.79 Å². The maximum Gasteiger partial charge on any atom is 0.163 e. The Kier molecular flexibility index (Phi) is 4.57. The zero-order chi connectivity index (χ0) is 14.5. The Morgan fingerprint density at radius 1 is 0.950 bits per heavy atom. The maximum absolute atomic E-state index is 12.1. The van der Waals surface area contributed by atoms with Gasteiger partial charge in [-0.2, -0.15) is 0 Å². The monoisotopic (exact) mass is 267 g/mol. The number of Topliss-reactive ketones (excluding diaryl/α,β-unsaturated/α-hetero) is 1. The Balaban J connectivity index is 1.94. The van der Waals surface area contributed by atoms with Gasteiger partial charge in [0.05, 0.1) is 0 Å². The summed E-state index contributed by atoms with van der Waals surface area (Å²) < 4.78 is 0. The molecule has 2 nitrogen and oxygen atoms in total. The van der Waals surface area contributed by atoms with Crippen molar-refractivity contribution in [2.45, 2.75) is 19.8 Å². The quantitative estimate of drug-likeness (QED) is 0.766. The van der Waals surface area contributed by atoms with Crippen LogP contribution in [0.25, 0.3) is 0 Å². The van der Waals surface area contributed by atoms with Gasteiger partial charge >= 0.3 is 0 Å². The number of carbonyl (C=O) groups excluding carboxylic acids is 1. The Morgan fingerprint density at radius 3 is 2.10 bits per heavy atom. The minimum atomic E-state index is 0.210. The molecule has 0 fully saturated rings. The number of carbonyl (C=O) groups is 1. The smallest absolute Gasteiger partial charge is 0.163 e. The molecular weight excluding hydrogens is 246 g/mol. The van der Waals surface area contributed by atoms with Crippen molar-refractivity contribution in [3.8, 4) is 0 Å². The number of anilines is 1. The third-order valence-corrected chi connectivity index (χ3v) is 3.47. The molecule has 2 heteroatoms. The van der Waals surface area contributed by atoms with E-state index in [2.05, 4.69) is 29.2 Å². The summed E-state index contributed by atoms with van der Waals surface area (Å²) >= 11 is 0. The number of hydrogen-bond donors (Lipinski definition) is 0. The van der Waals surface area contributed by atoms with Gasteiger partial charge in [-0.1, -0.05) is 42.0 Å². The van der Waals surface area contributed by atoms with Gasteiger partial charge in [-0.15, -0.1) is 0 Å². The molecule has 0 atom stereocenters. The molecule has 0 aliphatic rings. The van der Waals surface area contributed by atoms with Crippen molar-refractivity contribution in [3.63, 3.8) is 0 Å². The molecule has 0 radical (unpaired) electrons. The van der Waals surface area contributed by atoms with E-state index in [4.69, 9.17) is 0 Å². The summed E-state index contributed by atoms with van der Waals surface area (Å²) in [4.78, 5) is 14.2. The lowest BCUT2D eigenvalue weighted by atomic mass is 10.0. The molecule has 2 aromatic carbocycles. The molecule has 2 aromatic rings. The second-order valence-corrected chi connectivity index (χ2v) is 5.35. The van der Waals surface area contributed by atoms with Gasteiger partial charge in [0, 0.05) is 31.8 Å². The Labute approximate surface area is 121 Å². The van der Waals surface area contributed by atoms with Gasteiger partial charge in [-0.05, 0) is 31.0 Å². The fourth-order valence-electron chi connectivity index (χ4n) is 2.10. The van der Waals surface area contributed by atoms with Crippen LogP contribution in [0.1, 0.15) is 27.9 Å². The number of rotatable bonds is 5. The van der Waals surface area contributed by atoms with Crippen LogP contribution in [0.5, 0.6) is 0 Å². The van der Waals surface area contributed by atoms with E-state index in [1.54, 1.807) is 0 Å². The predicted molar refractivity (Wildman–Crippen MR) is 84.6 cm³/mol. The predicted octanol–water partition coefficient (Wildman–Crippen LogP) is 3.88. The topological polar surface area (TPSA) is 20.3 Å². The van der Waals surface area contributed by atoms with Crippen LogP contribution >= 0.6 is 0 Å². The first-order chi connectivity index (χ1) is 9.56. The highest BCUT2D eigenvalue weighted by atomic mass is 16.1. The van der Waals surface area contributed by atoms with E-state index in [1.807, 2.05) is 45.3 Å². The fourth-order valence-corrected chi connectivity index (χ4v) is 2.10. The van der Waals surface area contributed by atoms with Gasteiger partial charge in [0.2, 0.25) is 0 Å². The van der Waals surface area contributed by atoms with E-state index < -0.39 is 0 Å². The summed E-state index contributed by atoms with van der Waals surface area (Å²) in [7, 11) is 4.05. The zero-order valence-electron chi connectivity index (χ0n) is 12.4. The molecule has 104 valence electrons. The van der Waals surface area contributed by atoms with Crippen molar-refractivity contribution in [2.24, 2.45) is 0 Å². The molecule has 0 N–H and O–H groups in total. The maximum atomic E-state index is 12.1. The summed E-state index contributed by atoms with van der Waals surface area (Å²) in [6.45, 7) is 2.03. The molecule has 0 aliphatic heterocycles. The minimum absolute atomic E-state index is 0.210. The van der Waals surface area contributed by atoms with Crippen LogP contribution in [0.4, 0.5) is 5.69 Å². The van der Waals surface area contributed by atoms with Crippen LogP contribution < -0.4 is 4.90 Å². The van der Waals surface area contributed by atoms with Crippen LogP contribution in [0.3, 0.4) is 0 Å². The highest BCUT2D eigenvalue weighted by Crippen LogP contribution is 2.14. The zero-order valence-corrected chi connectivity index (χ0v) is 12.4. The number of aryl methyl sites for hydroxylation is 2. The summed E-state index contributed by atoms with van der Waals surface area (Å²) in [5.74, 6) is 0.210. The van der Waals surface area contributed by atoms with Crippen molar-refractivity contribution in [1.82, 2.24) is 0 Å². The van der Waals surface area contributed by atoms with Crippen LogP contribution in [0.2, 0.25) is 0 Å². The van der Waals surface area contributed by atoms with E-state index in [1.165, 1.54) is 16.8 Å². The van der Waals surface area contributed by atoms with Gasteiger partial charge in [-0.25, -0.2) is 0 Å². The van der Waals surface area contributed by atoms with Gasteiger partial charge < -0.3 is 4.90 Å². The van der Waals surface area contributed by atoms with Crippen LogP contribution in [0.15, 0.2) is 48.5 Å². The first-order valence-corrected chi connectivity index (χ1v) is 6.92. The molecule has 0 amide bonds. The van der Waals surface area contributed by atoms with Crippen molar-refractivity contribution in [1.29, 1.82) is 0 Å². The largest absolute Gasteiger partial charge is 0.378 e. The molecule has 0 aromatic heterocycles. The fraction of sp³-hybridized carbons (Fsp3) is 0.278. The lowest BCUT2D eigenvalue weighted by molar-refractivity contribution is 0.0983. The van der Waals surface area contributed by atoms with Crippen molar-refractivity contribution in [2.75, 3.05) is 19.0 Å². The Hall–Kier alpha value is -2.09. The van der Waals surface area contributed by atoms with E-state index >= 15 is 0 Å². The lowest BCUT2D eigenvalue weighted by Gasteiger charge is -2.12. The van der Waals surface area contributed by atoms with E-state index in [-0.39, 0.29) is 5.78 Å². The lowest BCUT2D eigenvalue weighted by Crippen LogP contribution is -2.08. The molecule has 0 unspecified atom stereocenters. The number of ketones is 1. The Morgan fingerprint density at radius 2 is 1.55 bits per heavy atom. The van der Waals surface area contributed by atoms with Crippen molar-refractivity contribution >= 4 is 11.5 Å².